The van der Waals surface area contributed by atoms with Crippen molar-refractivity contribution in [1.82, 2.24) is 20.2 Å². The topological polar surface area (TPSA) is 77.6 Å². The molecule has 1 fully saturated rings. The molecule has 8 heteroatoms. The molecule has 2 bridgehead atoms. The molecule has 0 radical (unpaired) electrons. The standard InChI is InChI=1S/C21H18F3N5/c1-20(2)11-6-7-21(20,18-14(24)9-26-19(25)27-18)17-10(11)8-15(28-29-17)16-12(22)4-3-5-13(16)23/h3-5,8-9,11H,6-7H2,1-2H3,(H2,25,26,27)/t11-,21-/m0/s1. The summed E-state index contributed by atoms with van der Waals surface area (Å²) in [4.78, 5) is 7.97. The van der Waals surface area contributed by atoms with E-state index in [4.69, 9.17) is 5.73 Å². The third-order valence-electron chi connectivity index (χ3n) is 6.77. The van der Waals surface area contributed by atoms with Crippen molar-refractivity contribution in [3.8, 4) is 11.3 Å². The van der Waals surface area contributed by atoms with Crippen molar-refractivity contribution in [2.75, 3.05) is 5.73 Å². The summed E-state index contributed by atoms with van der Waals surface area (Å²) in [5, 5.41) is 8.49. The van der Waals surface area contributed by atoms with Gasteiger partial charge in [-0.2, -0.15) is 5.10 Å². The van der Waals surface area contributed by atoms with E-state index in [2.05, 4.69) is 20.2 Å². The van der Waals surface area contributed by atoms with Crippen LogP contribution in [-0.4, -0.2) is 20.2 Å². The first-order valence-electron chi connectivity index (χ1n) is 9.38. The molecule has 1 aromatic carbocycles. The average Bonchev–Trinajstić information content (AvgIpc) is 3.05. The highest BCUT2D eigenvalue weighted by molar-refractivity contribution is 5.64. The van der Waals surface area contributed by atoms with E-state index in [1.807, 2.05) is 13.8 Å². The molecule has 0 aliphatic heterocycles. The molecule has 2 aliphatic rings. The predicted molar refractivity (Wildman–Crippen MR) is 100 cm³/mol. The van der Waals surface area contributed by atoms with Crippen molar-refractivity contribution >= 4 is 5.95 Å². The summed E-state index contributed by atoms with van der Waals surface area (Å²) in [6, 6.07) is 5.35. The molecule has 0 saturated heterocycles. The number of nitrogens with two attached hydrogens (primary N) is 1. The smallest absolute Gasteiger partial charge is 0.220 e. The lowest BCUT2D eigenvalue weighted by Crippen LogP contribution is -2.39. The summed E-state index contributed by atoms with van der Waals surface area (Å²) in [5.41, 5.74) is 6.03. The second-order valence-corrected chi connectivity index (χ2v) is 8.27. The molecule has 5 nitrogen and oxygen atoms in total. The quantitative estimate of drug-likeness (QED) is 0.703. The fraction of sp³-hybridized carbons (Fsp3) is 0.333. The molecular formula is C21H18F3N5. The lowest BCUT2D eigenvalue weighted by molar-refractivity contribution is 0.236. The monoisotopic (exact) mass is 397 g/mol. The van der Waals surface area contributed by atoms with Crippen LogP contribution < -0.4 is 5.73 Å². The van der Waals surface area contributed by atoms with Gasteiger partial charge in [0, 0.05) is 0 Å². The van der Waals surface area contributed by atoms with Crippen molar-refractivity contribution in [3.63, 3.8) is 0 Å². The second-order valence-electron chi connectivity index (χ2n) is 8.27. The van der Waals surface area contributed by atoms with Crippen molar-refractivity contribution < 1.29 is 13.2 Å². The molecule has 0 unspecified atom stereocenters. The molecule has 2 atom stereocenters. The molecule has 0 amide bonds. The Labute approximate surface area is 165 Å². The van der Waals surface area contributed by atoms with Gasteiger partial charge in [-0.15, -0.1) is 5.10 Å². The van der Waals surface area contributed by atoms with E-state index in [1.54, 1.807) is 6.07 Å². The molecule has 2 N–H and O–H groups in total. The van der Waals surface area contributed by atoms with E-state index in [9.17, 15) is 13.2 Å². The van der Waals surface area contributed by atoms with Crippen LogP contribution >= 0.6 is 0 Å². The Bertz CT molecular complexity index is 1140. The van der Waals surface area contributed by atoms with E-state index < -0.39 is 28.3 Å². The van der Waals surface area contributed by atoms with Crippen LogP contribution in [0.5, 0.6) is 0 Å². The van der Waals surface area contributed by atoms with E-state index in [0.717, 1.165) is 18.2 Å². The first-order chi connectivity index (χ1) is 13.8. The fourth-order valence-corrected chi connectivity index (χ4v) is 5.39. The minimum absolute atomic E-state index is 0.0125. The summed E-state index contributed by atoms with van der Waals surface area (Å²) >= 11 is 0. The minimum atomic E-state index is -0.826. The molecular weight excluding hydrogens is 379 g/mol. The lowest BCUT2D eigenvalue weighted by Gasteiger charge is -2.37. The number of hydrogen-bond donors (Lipinski definition) is 1. The summed E-state index contributed by atoms with van der Waals surface area (Å²) in [6.07, 6.45) is 2.48. The van der Waals surface area contributed by atoms with Gasteiger partial charge in [0.2, 0.25) is 5.95 Å². The van der Waals surface area contributed by atoms with Gasteiger partial charge >= 0.3 is 0 Å². The number of anilines is 1. The second kappa shape index (κ2) is 5.75. The first kappa shape index (κ1) is 18.0. The zero-order chi connectivity index (χ0) is 20.6. The molecule has 0 spiro atoms. The third kappa shape index (κ3) is 2.17. The summed E-state index contributed by atoms with van der Waals surface area (Å²) in [7, 11) is 0. The molecule has 2 aliphatic carbocycles. The third-order valence-corrected chi connectivity index (χ3v) is 6.77. The molecule has 2 aromatic heterocycles. The lowest BCUT2D eigenvalue weighted by atomic mass is 9.66. The molecule has 3 aromatic rings. The predicted octanol–water partition coefficient (Wildman–Crippen LogP) is 4.14. The molecule has 29 heavy (non-hydrogen) atoms. The zero-order valence-corrected chi connectivity index (χ0v) is 15.9. The number of nitrogens with zero attached hydrogens (tertiary/aromatic N) is 4. The number of halogens is 3. The normalized spacial score (nSPS) is 24.0. The van der Waals surface area contributed by atoms with Crippen LogP contribution in [0.1, 0.15) is 49.6 Å². The van der Waals surface area contributed by atoms with Crippen molar-refractivity contribution in [3.05, 3.63) is 64.9 Å². The Balaban J connectivity index is 1.76. The Morgan fingerprint density at radius 1 is 1.03 bits per heavy atom. The summed E-state index contributed by atoms with van der Waals surface area (Å²) < 4.78 is 43.4. The summed E-state index contributed by atoms with van der Waals surface area (Å²) in [6.45, 7) is 4.07. The van der Waals surface area contributed by atoms with E-state index >= 15 is 0 Å². The largest absolute Gasteiger partial charge is 0.368 e. The van der Waals surface area contributed by atoms with Gasteiger partial charge in [0.05, 0.1) is 34.3 Å². The Hall–Kier alpha value is -3.03. The maximum absolute atomic E-state index is 14.8. The van der Waals surface area contributed by atoms with E-state index in [-0.39, 0.29) is 28.8 Å². The number of benzene rings is 1. The van der Waals surface area contributed by atoms with Crippen molar-refractivity contribution in [2.24, 2.45) is 5.41 Å². The van der Waals surface area contributed by atoms with Crippen LogP contribution in [0.25, 0.3) is 11.3 Å². The fourth-order valence-electron chi connectivity index (χ4n) is 5.39. The van der Waals surface area contributed by atoms with Crippen LogP contribution in [0, 0.1) is 22.9 Å². The number of fused-ring (bicyclic) bond motifs is 5. The first-order valence-corrected chi connectivity index (χ1v) is 9.38. The van der Waals surface area contributed by atoms with Crippen LogP contribution in [0.4, 0.5) is 19.1 Å². The average molecular weight is 397 g/mol. The Morgan fingerprint density at radius 2 is 1.76 bits per heavy atom. The number of hydrogen-bond acceptors (Lipinski definition) is 5. The maximum Gasteiger partial charge on any atom is 0.220 e. The highest BCUT2D eigenvalue weighted by atomic mass is 19.1. The Kier molecular flexibility index (Phi) is 3.57. The van der Waals surface area contributed by atoms with Gasteiger partial charge in [0.15, 0.2) is 5.82 Å². The van der Waals surface area contributed by atoms with E-state index in [0.29, 0.717) is 12.1 Å². The highest BCUT2D eigenvalue weighted by Crippen LogP contribution is 2.69. The molecule has 1 saturated carbocycles. The Morgan fingerprint density at radius 3 is 2.48 bits per heavy atom. The van der Waals surface area contributed by atoms with Gasteiger partial charge < -0.3 is 5.73 Å². The van der Waals surface area contributed by atoms with Crippen molar-refractivity contribution in [1.29, 1.82) is 0 Å². The van der Waals surface area contributed by atoms with Gasteiger partial charge in [0.1, 0.15) is 11.6 Å². The van der Waals surface area contributed by atoms with Crippen LogP contribution in [0.3, 0.4) is 0 Å². The molecule has 148 valence electrons. The van der Waals surface area contributed by atoms with Crippen molar-refractivity contribution in [2.45, 2.75) is 38.0 Å². The summed E-state index contributed by atoms with van der Waals surface area (Å²) in [5.74, 6) is -1.94. The van der Waals surface area contributed by atoms with Crippen LogP contribution in [0.2, 0.25) is 0 Å². The van der Waals surface area contributed by atoms with Gasteiger partial charge in [-0.3, -0.25) is 0 Å². The van der Waals surface area contributed by atoms with Crippen LogP contribution in [0.15, 0.2) is 30.5 Å². The molecule has 2 heterocycles. The maximum atomic E-state index is 14.8. The van der Waals surface area contributed by atoms with Gasteiger partial charge in [-0.1, -0.05) is 19.9 Å². The SMILES string of the molecule is CC1(C)[C@H]2CC[C@@]1(c1nc(N)ncc1F)c1nnc(-c3c(F)cccc3F)cc12. The zero-order valence-electron chi connectivity index (χ0n) is 15.9. The van der Waals surface area contributed by atoms with Gasteiger partial charge in [0.25, 0.3) is 0 Å². The number of nitrogen functional groups attached to an aromatic ring is 1. The minimum Gasteiger partial charge on any atom is -0.368 e. The molecule has 5 rings (SSSR count). The number of rotatable bonds is 2. The van der Waals surface area contributed by atoms with E-state index in [1.165, 1.54) is 18.2 Å². The highest BCUT2D eigenvalue weighted by Gasteiger charge is 2.65. The van der Waals surface area contributed by atoms with Crippen LogP contribution in [-0.2, 0) is 5.41 Å². The van der Waals surface area contributed by atoms with Gasteiger partial charge in [-0.05, 0) is 47.9 Å². The number of aromatic nitrogens is 4. The van der Waals surface area contributed by atoms with Gasteiger partial charge in [-0.25, -0.2) is 23.1 Å².